The molecule has 11 aromatic rings. The number of carbonyl (C=O) groups is 4. The van der Waals surface area contributed by atoms with Crippen molar-refractivity contribution >= 4 is 114 Å². The number of methoxy groups -OCH3 is 1. The number of likely N-dealkylation sites (tertiary alicyclic amines) is 3. The van der Waals surface area contributed by atoms with Gasteiger partial charge in [-0.05, 0) is 233 Å². The van der Waals surface area contributed by atoms with Crippen molar-refractivity contribution in [3.63, 3.8) is 0 Å². The number of nitrogens with zero attached hydrogens (tertiary/aromatic N) is 9. The van der Waals surface area contributed by atoms with Gasteiger partial charge in [0.05, 0.1) is 99.3 Å². The minimum atomic E-state index is 0. The van der Waals surface area contributed by atoms with Crippen LogP contribution in [0, 0.1) is 42.9 Å². The first-order valence-corrected chi connectivity index (χ1v) is 46.3. The third-order valence-electron chi connectivity index (χ3n) is 24.8. The Balaban J connectivity index is 0.000000164. The first kappa shape index (κ1) is 96.8. The highest BCUT2D eigenvalue weighted by Crippen LogP contribution is 2.44. The predicted molar refractivity (Wildman–Crippen MR) is 508 cm³/mol. The number of aryl methyl sites for hydroxylation is 3. The van der Waals surface area contributed by atoms with Gasteiger partial charge in [0, 0.05) is 126 Å². The molecule has 0 radical (unpaired) electrons. The van der Waals surface area contributed by atoms with Crippen molar-refractivity contribution in [2.75, 3.05) is 119 Å². The van der Waals surface area contributed by atoms with Gasteiger partial charge in [-0.15, -0.1) is 0 Å². The van der Waals surface area contributed by atoms with E-state index in [1.165, 1.54) is 44.7 Å². The number of Topliss-reactive ketones (excluding diaryl/α,β-unsaturated/α-hetero) is 3. The molecule has 17 rings (SSSR count). The SMILES string of the molecule is C.C.COc1cc2c(Oc3ccc(CC(=O)CC(C)C)c(Cl)c3)ncnc2cc1OCCCC(=O)N1CCC2(CC1)COC2.Cc1cc(CC(=O)Cc2ccc(Oc3ncnc4cc(OCCCN5CCC6(CC5)COC6)c(C)cc34)cc2Cl)ccc1Cl.Cc1cc2c(Oc3ccc(CC(=O)Cc4ccsc4)c(Cl)c3)ncnc2cc1OCCCN1CCC2(CC1)COC2. The summed E-state index contributed by atoms with van der Waals surface area (Å²) in [5.74, 6) is 6.30. The van der Waals surface area contributed by atoms with Crippen molar-refractivity contribution in [3.05, 3.63) is 210 Å². The Labute approximate surface area is 780 Å². The maximum Gasteiger partial charge on any atom is 0.230 e. The third kappa shape index (κ3) is 25.5. The van der Waals surface area contributed by atoms with Crippen molar-refractivity contribution < 1.29 is 66.5 Å². The van der Waals surface area contributed by atoms with E-state index in [0.29, 0.717) is 151 Å². The molecule has 23 nitrogen and oxygen atoms in total. The second-order valence-corrected chi connectivity index (χ2v) is 37.5. The molecular weight excluding hydrogens is 1740 g/mol. The lowest BCUT2D eigenvalue weighted by molar-refractivity contribution is -0.153. The van der Waals surface area contributed by atoms with E-state index in [-0.39, 0.29) is 57.4 Å². The molecule has 0 unspecified atom stereocenters. The van der Waals surface area contributed by atoms with Crippen molar-refractivity contribution in [2.24, 2.45) is 22.2 Å². The second-order valence-electron chi connectivity index (χ2n) is 35.1. The Hall–Kier alpha value is -9.70. The maximum absolute atomic E-state index is 12.7. The molecule has 0 aliphatic carbocycles. The minimum absolute atomic E-state index is 0. The normalized spacial score (nSPS) is 16.0. The highest BCUT2D eigenvalue weighted by molar-refractivity contribution is 7.08. The standard InChI is InChI=1S/C35H37Cl2N3O4.C32H38ClN3O6.C32H34ClN3O4S.2CH4/c1-23-14-25(4-7-30(23)36)16-27(41)17-26-5-6-28(18-31(26)37)44-34-29-15-24(2)33(19-32(29)38-22-39-34)43-13-3-10-40-11-8-35(9-12-40)20-42-21-35;1-21(2)13-23(37)14-22-6-7-24(15-26(22)33)42-31-25-16-28(39-3)29(17-27(25)34-20-35-31)41-12-4-5-30(38)36-10-8-32(9-11-36)18-40-19-32;1-22-13-27-29(17-30(22)39-11-2-8-36-9-6-32(7-10-36)19-38-20-32)34-21-35-31(27)40-26-4-3-24(28(33)16-26)15-25(37)14-23-5-12-41-18-23;;/h4-7,14-15,18-19,22H,3,8-13,16-17,20-21H2,1-2H3;6-7,15-17,20-21H,4-5,8-14,18-19H2,1-3H3;3-5,12-13,16-18,21H,2,6-11,14-15,19-20H2,1H3;2*1H4. The molecule has 0 N–H and O–H groups in total. The number of ketones is 3. The summed E-state index contributed by atoms with van der Waals surface area (Å²) in [5, 5.41) is 8.31. The summed E-state index contributed by atoms with van der Waals surface area (Å²) < 4.78 is 58.6. The number of carbonyl (C=O) groups excluding carboxylic acids is 4. The van der Waals surface area contributed by atoms with E-state index in [1.54, 1.807) is 60.9 Å². The Morgan fingerprint density at radius 1 is 0.434 bits per heavy atom. The van der Waals surface area contributed by atoms with Gasteiger partial charge in [0.15, 0.2) is 11.5 Å². The number of ether oxygens (including phenoxy) is 10. The van der Waals surface area contributed by atoms with E-state index in [2.05, 4.69) is 39.7 Å². The van der Waals surface area contributed by atoms with E-state index in [0.717, 1.165) is 195 Å². The van der Waals surface area contributed by atoms with Gasteiger partial charge in [0.2, 0.25) is 23.5 Å². The molecule has 0 bridgehead atoms. The van der Waals surface area contributed by atoms with E-state index in [4.69, 9.17) is 93.8 Å². The summed E-state index contributed by atoms with van der Waals surface area (Å²) in [4.78, 5) is 83.6. The van der Waals surface area contributed by atoms with Crippen LogP contribution in [0.5, 0.6) is 57.9 Å². The Kier molecular flexibility index (Phi) is 33.7. The van der Waals surface area contributed by atoms with E-state index in [9.17, 15) is 19.2 Å². The zero-order valence-corrected chi connectivity index (χ0v) is 76.8. The number of rotatable bonds is 34. The zero-order chi connectivity index (χ0) is 88.6. The molecule has 129 heavy (non-hydrogen) atoms. The predicted octanol–water partition coefficient (Wildman–Crippen LogP) is 21.6. The van der Waals surface area contributed by atoms with Gasteiger partial charge in [0.1, 0.15) is 65.1 Å². The number of hydrogen-bond donors (Lipinski definition) is 0. The minimum Gasteiger partial charge on any atom is -0.493 e. The van der Waals surface area contributed by atoms with Crippen LogP contribution in [0.25, 0.3) is 32.7 Å². The molecule has 1 amide bonds. The van der Waals surface area contributed by atoms with Gasteiger partial charge in [-0.2, -0.15) is 11.3 Å². The topological polar surface area (TPSA) is 248 Å². The number of benzene rings is 7. The number of amides is 1. The quantitative estimate of drug-likeness (QED) is 0.0340. The van der Waals surface area contributed by atoms with Gasteiger partial charge >= 0.3 is 0 Å². The third-order valence-corrected chi connectivity index (χ3v) is 27.0. The van der Waals surface area contributed by atoms with Crippen LogP contribution in [-0.2, 0) is 65.5 Å². The summed E-state index contributed by atoms with van der Waals surface area (Å²) in [6.07, 6.45) is 16.4. The first-order valence-electron chi connectivity index (χ1n) is 43.9. The molecule has 10 heterocycles. The van der Waals surface area contributed by atoms with Gasteiger partial charge in [-0.3, -0.25) is 19.2 Å². The highest BCUT2D eigenvalue weighted by atomic mass is 35.5. The smallest absolute Gasteiger partial charge is 0.230 e. The van der Waals surface area contributed by atoms with Crippen LogP contribution >= 0.6 is 57.7 Å². The lowest BCUT2D eigenvalue weighted by Crippen LogP contribution is -2.52. The molecule has 6 aliphatic rings. The second kappa shape index (κ2) is 44.9. The van der Waals surface area contributed by atoms with E-state index >= 15 is 0 Å². The number of thiophene rings is 1. The van der Waals surface area contributed by atoms with Crippen LogP contribution in [0.4, 0.5) is 0 Å². The molecule has 0 saturated carbocycles. The molecule has 28 heteroatoms. The summed E-state index contributed by atoms with van der Waals surface area (Å²) >= 11 is 27.3. The molecule has 3 spiro atoms. The number of hydrogen-bond acceptors (Lipinski definition) is 23. The molecule has 0 atom stereocenters. The molecule has 4 aromatic heterocycles. The fourth-order valence-corrected chi connectivity index (χ4v) is 18.5. The maximum atomic E-state index is 12.7. The largest absolute Gasteiger partial charge is 0.493 e. The van der Waals surface area contributed by atoms with Gasteiger partial charge in [0.25, 0.3) is 0 Å². The molecule has 6 fully saturated rings. The zero-order valence-electron chi connectivity index (χ0n) is 72.9. The van der Waals surface area contributed by atoms with Crippen molar-refractivity contribution in [1.82, 2.24) is 44.6 Å². The number of fused-ring (bicyclic) bond motifs is 3. The Bertz CT molecular complexity index is 5710. The van der Waals surface area contributed by atoms with Crippen molar-refractivity contribution in [3.8, 4) is 57.9 Å². The number of aromatic nitrogens is 6. The van der Waals surface area contributed by atoms with Gasteiger partial charge in [-0.1, -0.05) is 105 Å². The van der Waals surface area contributed by atoms with Crippen LogP contribution in [-0.4, -0.2) is 187 Å². The summed E-state index contributed by atoms with van der Waals surface area (Å²) in [7, 11) is 1.57. The summed E-state index contributed by atoms with van der Waals surface area (Å²) in [6, 6.07) is 35.1. The summed E-state index contributed by atoms with van der Waals surface area (Å²) in [5.41, 5.74) is 10.6. The Morgan fingerprint density at radius 3 is 1.25 bits per heavy atom. The molecular formula is C101H117Cl4N9O14S. The summed E-state index contributed by atoms with van der Waals surface area (Å²) in [6.45, 7) is 25.4. The molecule has 684 valence electrons. The van der Waals surface area contributed by atoms with Gasteiger partial charge < -0.3 is 62.1 Å². The molecule has 7 aromatic carbocycles. The Morgan fingerprint density at radius 2 is 0.845 bits per heavy atom. The van der Waals surface area contributed by atoms with Crippen LogP contribution < -0.4 is 33.2 Å². The van der Waals surface area contributed by atoms with Crippen molar-refractivity contribution in [1.29, 1.82) is 0 Å². The average Bonchev–Trinajstić information content (AvgIpc) is 0.919. The number of piperidine rings is 3. The number of halogens is 4. The van der Waals surface area contributed by atoms with Crippen molar-refractivity contribution in [2.45, 2.75) is 152 Å². The van der Waals surface area contributed by atoms with Crippen LogP contribution in [0.2, 0.25) is 20.1 Å². The van der Waals surface area contributed by atoms with Crippen LogP contribution in [0.15, 0.2) is 145 Å². The van der Waals surface area contributed by atoms with Crippen LogP contribution in [0.1, 0.15) is 144 Å². The fraction of sp³-hybridized carbons (Fsp3) is 0.446. The monoisotopic (exact) mass is 1850 g/mol. The average molecular weight is 1850 g/mol. The van der Waals surface area contributed by atoms with Gasteiger partial charge in [-0.25, -0.2) is 29.9 Å². The van der Waals surface area contributed by atoms with Crippen LogP contribution in [0.3, 0.4) is 0 Å². The fourth-order valence-electron chi connectivity index (χ4n) is 17.0. The van der Waals surface area contributed by atoms with E-state index in [1.807, 2.05) is 123 Å². The molecule has 6 saturated heterocycles. The lowest BCUT2D eigenvalue weighted by atomic mass is 9.77. The molecule has 6 aliphatic heterocycles. The van der Waals surface area contributed by atoms with E-state index < -0.39 is 0 Å². The first-order chi connectivity index (χ1) is 61.5. The lowest BCUT2D eigenvalue weighted by Gasteiger charge is -2.47. The highest BCUT2D eigenvalue weighted by Gasteiger charge is 2.44.